The predicted molar refractivity (Wildman–Crippen MR) is 103 cm³/mol. The van der Waals surface area contributed by atoms with Gasteiger partial charge in [0.05, 0.1) is 6.61 Å². The van der Waals surface area contributed by atoms with E-state index in [0.717, 1.165) is 45.0 Å². The monoisotopic (exact) mass is 360 g/mol. The zero-order valence-electron chi connectivity index (χ0n) is 14.3. The molecule has 0 aromatic heterocycles. The van der Waals surface area contributed by atoms with Gasteiger partial charge >= 0.3 is 0 Å². The molecule has 0 amide bonds. The van der Waals surface area contributed by atoms with E-state index in [1.807, 2.05) is 30.3 Å². The van der Waals surface area contributed by atoms with E-state index in [4.69, 9.17) is 9.47 Å². The molecule has 0 radical (unpaired) electrons. The van der Waals surface area contributed by atoms with Crippen molar-refractivity contribution in [3.63, 3.8) is 0 Å². The number of morpholine rings is 1. The number of halogens is 1. The van der Waals surface area contributed by atoms with Gasteiger partial charge in [-0.15, -0.1) is 12.4 Å². The van der Waals surface area contributed by atoms with Gasteiger partial charge in [-0.25, -0.2) is 0 Å². The molecule has 2 aromatic rings. The number of rotatable bonds is 5. The molecule has 0 bridgehead atoms. The Balaban J connectivity index is 0.00000182. The van der Waals surface area contributed by atoms with Crippen LogP contribution in [0.15, 0.2) is 48.5 Å². The van der Waals surface area contributed by atoms with Gasteiger partial charge in [0.25, 0.3) is 0 Å². The molecular formula is C20H25ClN2O2. The van der Waals surface area contributed by atoms with Gasteiger partial charge in [-0.05, 0) is 29.7 Å². The van der Waals surface area contributed by atoms with Crippen molar-refractivity contribution in [2.24, 2.45) is 0 Å². The van der Waals surface area contributed by atoms with Crippen molar-refractivity contribution in [1.29, 1.82) is 0 Å². The van der Waals surface area contributed by atoms with E-state index in [1.165, 1.54) is 16.8 Å². The van der Waals surface area contributed by atoms with Gasteiger partial charge in [0, 0.05) is 31.9 Å². The normalized spacial score (nSPS) is 19.6. The Kier molecular flexibility index (Phi) is 6.19. The molecule has 1 unspecified atom stereocenters. The summed E-state index contributed by atoms with van der Waals surface area (Å²) in [7, 11) is 0. The van der Waals surface area contributed by atoms with Crippen molar-refractivity contribution in [2.45, 2.75) is 19.1 Å². The Morgan fingerprint density at radius 2 is 2.00 bits per heavy atom. The largest absolute Gasteiger partial charge is 0.491 e. The SMILES string of the molecule is Cl.c1ccc(OCC2CN(Cc3cccc4c3NCC4)CCO2)cc1. The number of para-hydroxylation sites is 2. The number of anilines is 1. The zero-order valence-corrected chi connectivity index (χ0v) is 15.1. The summed E-state index contributed by atoms with van der Waals surface area (Å²) in [5.41, 5.74) is 4.19. The topological polar surface area (TPSA) is 33.7 Å². The Bertz CT molecular complexity index is 681. The molecular weight excluding hydrogens is 336 g/mol. The Labute approximate surface area is 155 Å². The van der Waals surface area contributed by atoms with Gasteiger partial charge in [0.1, 0.15) is 18.5 Å². The average molecular weight is 361 g/mol. The molecule has 4 rings (SSSR count). The molecule has 4 nitrogen and oxygen atoms in total. The summed E-state index contributed by atoms with van der Waals surface area (Å²) >= 11 is 0. The first-order chi connectivity index (χ1) is 11.9. The molecule has 1 saturated heterocycles. The highest BCUT2D eigenvalue weighted by Crippen LogP contribution is 2.27. The summed E-state index contributed by atoms with van der Waals surface area (Å²) in [6.45, 7) is 5.29. The number of nitrogens with one attached hydrogen (secondary N) is 1. The zero-order chi connectivity index (χ0) is 16.2. The van der Waals surface area contributed by atoms with Crippen LogP contribution in [0.1, 0.15) is 11.1 Å². The van der Waals surface area contributed by atoms with E-state index in [1.54, 1.807) is 0 Å². The molecule has 2 aliphatic rings. The highest BCUT2D eigenvalue weighted by molar-refractivity contribution is 5.85. The predicted octanol–water partition coefficient (Wildman–Crippen LogP) is 3.36. The van der Waals surface area contributed by atoms with E-state index in [-0.39, 0.29) is 18.5 Å². The minimum Gasteiger partial charge on any atom is -0.491 e. The van der Waals surface area contributed by atoms with Gasteiger partial charge in [-0.2, -0.15) is 0 Å². The van der Waals surface area contributed by atoms with Crippen LogP contribution in [0.3, 0.4) is 0 Å². The average Bonchev–Trinajstić information content (AvgIpc) is 3.11. The second-order valence-corrected chi connectivity index (χ2v) is 6.48. The van der Waals surface area contributed by atoms with Gasteiger partial charge in [-0.3, -0.25) is 4.90 Å². The number of hydrogen-bond acceptors (Lipinski definition) is 4. The molecule has 25 heavy (non-hydrogen) atoms. The van der Waals surface area contributed by atoms with Crippen LogP contribution in [0.4, 0.5) is 5.69 Å². The van der Waals surface area contributed by atoms with Gasteiger partial charge in [0.2, 0.25) is 0 Å². The lowest BCUT2D eigenvalue weighted by Gasteiger charge is -2.33. The van der Waals surface area contributed by atoms with E-state index < -0.39 is 0 Å². The number of benzene rings is 2. The molecule has 5 heteroatoms. The standard InChI is InChI=1S/C20H24N2O2.ClH/c1-2-7-18(8-3-1)24-15-19-14-22(11-12-23-19)13-17-6-4-5-16-9-10-21-20(16)17;/h1-8,19,21H,9-15H2;1H. The van der Waals surface area contributed by atoms with E-state index in [9.17, 15) is 0 Å². The Morgan fingerprint density at radius 1 is 1.12 bits per heavy atom. The Hall–Kier alpha value is -1.75. The highest BCUT2D eigenvalue weighted by Gasteiger charge is 2.23. The van der Waals surface area contributed by atoms with Crippen molar-refractivity contribution in [1.82, 2.24) is 4.90 Å². The lowest BCUT2D eigenvalue weighted by atomic mass is 10.1. The Morgan fingerprint density at radius 3 is 2.88 bits per heavy atom. The van der Waals surface area contributed by atoms with E-state index in [2.05, 4.69) is 28.4 Å². The first-order valence-electron chi connectivity index (χ1n) is 8.75. The fourth-order valence-electron chi connectivity index (χ4n) is 3.51. The van der Waals surface area contributed by atoms with Crippen LogP contribution in [-0.4, -0.2) is 43.9 Å². The summed E-state index contributed by atoms with van der Waals surface area (Å²) in [5, 5.41) is 3.53. The molecule has 2 heterocycles. The molecule has 0 spiro atoms. The van der Waals surface area contributed by atoms with Crippen LogP contribution >= 0.6 is 12.4 Å². The number of hydrogen-bond donors (Lipinski definition) is 1. The van der Waals surface area contributed by atoms with Crippen molar-refractivity contribution in [3.05, 3.63) is 59.7 Å². The number of ether oxygens (including phenoxy) is 2. The van der Waals surface area contributed by atoms with Crippen LogP contribution in [0.5, 0.6) is 5.75 Å². The van der Waals surface area contributed by atoms with Gasteiger partial charge in [0.15, 0.2) is 0 Å². The first-order valence-corrected chi connectivity index (χ1v) is 8.75. The maximum atomic E-state index is 5.88. The van der Waals surface area contributed by atoms with Crippen LogP contribution < -0.4 is 10.1 Å². The third-order valence-electron chi connectivity index (χ3n) is 4.73. The minimum absolute atomic E-state index is 0. The maximum Gasteiger partial charge on any atom is 0.119 e. The highest BCUT2D eigenvalue weighted by atomic mass is 35.5. The summed E-state index contributed by atoms with van der Waals surface area (Å²) < 4.78 is 11.7. The van der Waals surface area contributed by atoms with Crippen molar-refractivity contribution >= 4 is 18.1 Å². The van der Waals surface area contributed by atoms with Crippen molar-refractivity contribution in [3.8, 4) is 5.75 Å². The van der Waals surface area contributed by atoms with Gasteiger partial charge < -0.3 is 14.8 Å². The third-order valence-corrected chi connectivity index (χ3v) is 4.73. The smallest absolute Gasteiger partial charge is 0.119 e. The van der Waals surface area contributed by atoms with Crippen LogP contribution in [0.25, 0.3) is 0 Å². The maximum absolute atomic E-state index is 5.88. The van der Waals surface area contributed by atoms with Crippen LogP contribution in [-0.2, 0) is 17.7 Å². The molecule has 1 N–H and O–H groups in total. The van der Waals surface area contributed by atoms with E-state index in [0.29, 0.717) is 6.61 Å². The molecule has 1 atom stereocenters. The number of fused-ring (bicyclic) bond motifs is 1. The molecule has 1 fully saturated rings. The minimum atomic E-state index is 0. The molecule has 0 saturated carbocycles. The lowest BCUT2D eigenvalue weighted by Crippen LogP contribution is -2.44. The third kappa shape index (κ3) is 4.46. The van der Waals surface area contributed by atoms with E-state index >= 15 is 0 Å². The van der Waals surface area contributed by atoms with Crippen LogP contribution in [0.2, 0.25) is 0 Å². The second kappa shape index (κ2) is 8.56. The number of nitrogens with zero attached hydrogens (tertiary/aromatic N) is 1. The molecule has 0 aliphatic carbocycles. The molecule has 134 valence electrons. The first kappa shape index (κ1) is 18.1. The molecule has 2 aliphatic heterocycles. The second-order valence-electron chi connectivity index (χ2n) is 6.48. The van der Waals surface area contributed by atoms with Crippen molar-refractivity contribution in [2.75, 3.05) is 38.2 Å². The lowest BCUT2D eigenvalue weighted by molar-refractivity contribution is -0.0503. The van der Waals surface area contributed by atoms with Gasteiger partial charge in [-0.1, -0.05) is 36.4 Å². The summed E-state index contributed by atoms with van der Waals surface area (Å²) in [6.07, 6.45) is 1.27. The fourth-order valence-corrected chi connectivity index (χ4v) is 3.51. The summed E-state index contributed by atoms with van der Waals surface area (Å²) in [6, 6.07) is 16.6. The quantitative estimate of drug-likeness (QED) is 0.886. The van der Waals surface area contributed by atoms with Crippen LogP contribution in [0, 0.1) is 0 Å². The summed E-state index contributed by atoms with van der Waals surface area (Å²) in [5.74, 6) is 0.906. The molecule has 2 aromatic carbocycles. The summed E-state index contributed by atoms with van der Waals surface area (Å²) in [4.78, 5) is 2.47. The fraction of sp³-hybridized carbons (Fsp3) is 0.400. The van der Waals surface area contributed by atoms with Crippen molar-refractivity contribution < 1.29 is 9.47 Å².